The molecule has 0 radical (unpaired) electrons. The molecule has 0 saturated carbocycles. The van der Waals surface area contributed by atoms with Crippen LogP contribution in [0.1, 0.15) is 19.8 Å². The van der Waals surface area contributed by atoms with Gasteiger partial charge in [-0.05, 0) is 38.4 Å². The van der Waals surface area contributed by atoms with Crippen LogP contribution in [0.25, 0.3) is 0 Å². The zero-order chi connectivity index (χ0) is 11.2. The Hall–Kier alpha value is -1.00. The maximum Gasteiger partial charge on any atom is 0.257 e. The minimum absolute atomic E-state index is 0. The Kier molecular flexibility index (Phi) is 6.08. The Morgan fingerprint density at radius 2 is 2.41 bits per heavy atom. The Labute approximate surface area is 108 Å². The number of rotatable bonds is 4. The topological polar surface area (TPSA) is 43.4 Å². The van der Waals surface area contributed by atoms with E-state index in [0.29, 0.717) is 12.5 Å². The molecule has 0 spiro atoms. The van der Waals surface area contributed by atoms with Crippen LogP contribution in [0.3, 0.4) is 0 Å². The molecule has 1 aromatic heterocycles. The molecule has 1 aromatic rings. The summed E-state index contributed by atoms with van der Waals surface area (Å²) in [7, 11) is 0. The van der Waals surface area contributed by atoms with Gasteiger partial charge in [0, 0.05) is 12.7 Å². The molecule has 1 aliphatic heterocycles. The monoisotopic (exact) mass is 258 g/mol. The summed E-state index contributed by atoms with van der Waals surface area (Å²) in [6, 6.07) is 3.75. The second-order valence-electron chi connectivity index (χ2n) is 3.83. The number of hydrogen-bond acceptors (Lipinski definition) is 4. The largest absolute Gasteiger partial charge is 0.488 e. The summed E-state index contributed by atoms with van der Waals surface area (Å²) in [5, 5.41) is 3.31. The van der Waals surface area contributed by atoms with Crippen LogP contribution in [-0.4, -0.2) is 30.8 Å². The lowest BCUT2D eigenvalue weighted by atomic mass is 10.1. The number of hydrogen-bond donors (Lipinski definition) is 1. The van der Waals surface area contributed by atoms with Gasteiger partial charge in [0.05, 0.1) is 6.61 Å². The highest BCUT2D eigenvalue weighted by molar-refractivity contribution is 5.85. The summed E-state index contributed by atoms with van der Waals surface area (Å²) in [5.41, 5.74) is 0. The second-order valence-corrected chi connectivity index (χ2v) is 3.83. The molecule has 0 aromatic carbocycles. The lowest BCUT2D eigenvalue weighted by Crippen LogP contribution is -2.37. The first-order valence-electron chi connectivity index (χ1n) is 5.85. The van der Waals surface area contributed by atoms with Crippen molar-refractivity contribution in [3.05, 3.63) is 18.3 Å². The average molecular weight is 259 g/mol. The van der Waals surface area contributed by atoms with Crippen LogP contribution in [0.2, 0.25) is 0 Å². The standard InChI is InChI=1S/C12H18N2O2.ClH/c1-2-15-11-6-4-8-14-12(11)16-10-5-3-7-13-9-10;/h4,6,8,10,13H,2-3,5,7,9H2,1H3;1H. The molecule has 1 unspecified atom stereocenters. The van der Waals surface area contributed by atoms with Gasteiger partial charge >= 0.3 is 0 Å². The molecule has 0 amide bonds. The third kappa shape index (κ3) is 4.06. The molecule has 2 rings (SSSR count). The fraction of sp³-hybridized carbons (Fsp3) is 0.583. The fourth-order valence-corrected chi connectivity index (χ4v) is 1.81. The van der Waals surface area contributed by atoms with Crippen molar-refractivity contribution < 1.29 is 9.47 Å². The van der Waals surface area contributed by atoms with Crippen LogP contribution in [0.15, 0.2) is 18.3 Å². The van der Waals surface area contributed by atoms with Gasteiger partial charge in [-0.25, -0.2) is 4.98 Å². The highest BCUT2D eigenvalue weighted by Gasteiger charge is 2.17. The Morgan fingerprint density at radius 1 is 1.53 bits per heavy atom. The third-order valence-corrected chi connectivity index (χ3v) is 2.57. The van der Waals surface area contributed by atoms with Crippen molar-refractivity contribution in [3.63, 3.8) is 0 Å². The first kappa shape index (κ1) is 14.1. The van der Waals surface area contributed by atoms with Gasteiger partial charge in [0.15, 0.2) is 5.75 Å². The fourth-order valence-electron chi connectivity index (χ4n) is 1.81. The number of pyridine rings is 1. The number of ether oxygens (including phenoxy) is 2. The molecule has 1 fully saturated rings. The van der Waals surface area contributed by atoms with E-state index in [1.807, 2.05) is 19.1 Å². The van der Waals surface area contributed by atoms with Crippen molar-refractivity contribution in [1.29, 1.82) is 0 Å². The summed E-state index contributed by atoms with van der Waals surface area (Å²) in [5.74, 6) is 1.34. The number of piperidine rings is 1. The molecule has 17 heavy (non-hydrogen) atoms. The summed E-state index contributed by atoms with van der Waals surface area (Å²) in [4.78, 5) is 4.22. The molecule has 1 N–H and O–H groups in total. The van der Waals surface area contributed by atoms with Crippen molar-refractivity contribution in [2.45, 2.75) is 25.9 Å². The molecular formula is C12H19ClN2O2. The first-order valence-corrected chi connectivity index (χ1v) is 5.85. The molecular weight excluding hydrogens is 240 g/mol. The van der Waals surface area contributed by atoms with Crippen molar-refractivity contribution in [1.82, 2.24) is 10.3 Å². The normalized spacial score (nSPS) is 19.2. The smallest absolute Gasteiger partial charge is 0.257 e. The van der Waals surface area contributed by atoms with E-state index < -0.39 is 0 Å². The zero-order valence-corrected chi connectivity index (χ0v) is 10.8. The first-order chi connectivity index (χ1) is 7.90. The summed E-state index contributed by atoms with van der Waals surface area (Å²) in [6.07, 6.45) is 4.17. The van der Waals surface area contributed by atoms with Gasteiger partial charge in [-0.1, -0.05) is 0 Å². The number of aromatic nitrogens is 1. The van der Waals surface area contributed by atoms with E-state index in [0.717, 1.165) is 31.7 Å². The average Bonchev–Trinajstić information content (AvgIpc) is 2.33. The molecule has 96 valence electrons. The van der Waals surface area contributed by atoms with E-state index in [9.17, 15) is 0 Å². The van der Waals surface area contributed by atoms with Gasteiger partial charge in [0.25, 0.3) is 5.88 Å². The van der Waals surface area contributed by atoms with Crippen molar-refractivity contribution in [2.24, 2.45) is 0 Å². The SMILES string of the molecule is CCOc1cccnc1OC1CCCNC1.Cl. The predicted octanol–water partition coefficient (Wildman–Crippen LogP) is 2.03. The molecule has 0 bridgehead atoms. The van der Waals surface area contributed by atoms with Gasteiger partial charge in [-0.3, -0.25) is 0 Å². The number of nitrogens with one attached hydrogen (secondary N) is 1. The minimum atomic E-state index is 0. The second kappa shape index (κ2) is 7.35. The molecule has 2 heterocycles. The number of halogens is 1. The third-order valence-electron chi connectivity index (χ3n) is 2.57. The van der Waals surface area contributed by atoms with Crippen LogP contribution in [0.4, 0.5) is 0 Å². The highest BCUT2D eigenvalue weighted by atomic mass is 35.5. The van der Waals surface area contributed by atoms with Crippen LogP contribution < -0.4 is 14.8 Å². The minimum Gasteiger partial charge on any atom is -0.488 e. The summed E-state index contributed by atoms with van der Waals surface area (Å²) in [6.45, 7) is 4.56. The molecule has 5 heteroatoms. The van der Waals surface area contributed by atoms with Crippen molar-refractivity contribution in [3.8, 4) is 11.6 Å². The molecule has 1 saturated heterocycles. The quantitative estimate of drug-likeness (QED) is 0.898. The van der Waals surface area contributed by atoms with Crippen LogP contribution in [0.5, 0.6) is 11.6 Å². The highest BCUT2D eigenvalue weighted by Crippen LogP contribution is 2.25. The van der Waals surface area contributed by atoms with Crippen molar-refractivity contribution >= 4 is 12.4 Å². The Bertz CT molecular complexity index is 330. The molecule has 1 aliphatic rings. The maximum absolute atomic E-state index is 5.84. The summed E-state index contributed by atoms with van der Waals surface area (Å²) >= 11 is 0. The molecule has 1 atom stereocenters. The van der Waals surface area contributed by atoms with Gasteiger partial charge in [0.2, 0.25) is 0 Å². The lowest BCUT2D eigenvalue weighted by Gasteiger charge is -2.24. The maximum atomic E-state index is 5.84. The summed E-state index contributed by atoms with van der Waals surface area (Å²) < 4.78 is 11.3. The van der Waals surface area contributed by atoms with Crippen LogP contribution in [0, 0.1) is 0 Å². The van der Waals surface area contributed by atoms with E-state index in [2.05, 4.69) is 10.3 Å². The molecule has 4 nitrogen and oxygen atoms in total. The van der Waals surface area contributed by atoms with Gasteiger partial charge in [0.1, 0.15) is 6.10 Å². The number of nitrogens with zero attached hydrogens (tertiary/aromatic N) is 1. The van der Waals surface area contributed by atoms with Gasteiger partial charge < -0.3 is 14.8 Å². The zero-order valence-electron chi connectivity index (χ0n) is 10.0. The van der Waals surface area contributed by atoms with E-state index in [1.54, 1.807) is 6.20 Å². The Morgan fingerprint density at radius 3 is 3.12 bits per heavy atom. The van der Waals surface area contributed by atoms with E-state index in [1.165, 1.54) is 0 Å². The lowest BCUT2D eigenvalue weighted by molar-refractivity contribution is 0.152. The predicted molar refractivity (Wildman–Crippen MR) is 69.2 cm³/mol. The van der Waals surface area contributed by atoms with Crippen LogP contribution in [-0.2, 0) is 0 Å². The van der Waals surface area contributed by atoms with E-state index in [4.69, 9.17) is 9.47 Å². The molecule has 0 aliphatic carbocycles. The van der Waals surface area contributed by atoms with Gasteiger partial charge in [-0.15, -0.1) is 12.4 Å². The van der Waals surface area contributed by atoms with E-state index in [-0.39, 0.29) is 18.5 Å². The Balaban J connectivity index is 0.00000144. The van der Waals surface area contributed by atoms with Crippen molar-refractivity contribution in [2.75, 3.05) is 19.7 Å². The van der Waals surface area contributed by atoms with E-state index >= 15 is 0 Å². The van der Waals surface area contributed by atoms with Gasteiger partial charge in [-0.2, -0.15) is 0 Å². The van der Waals surface area contributed by atoms with Crippen LogP contribution >= 0.6 is 12.4 Å².